The van der Waals surface area contributed by atoms with E-state index in [1.165, 1.54) is 0 Å². The molecule has 0 fully saturated rings. The van der Waals surface area contributed by atoms with E-state index >= 15 is 0 Å². The summed E-state index contributed by atoms with van der Waals surface area (Å²) in [5.74, 6) is 0.873. The molecule has 1 aromatic carbocycles. The number of aromatic nitrogens is 3. The van der Waals surface area contributed by atoms with Gasteiger partial charge < -0.3 is 0 Å². The number of hydrogen-bond acceptors (Lipinski definition) is 3. The van der Waals surface area contributed by atoms with Crippen molar-refractivity contribution in [1.29, 1.82) is 0 Å². The van der Waals surface area contributed by atoms with E-state index in [0.29, 0.717) is 0 Å². The van der Waals surface area contributed by atoms with Gasteiger partial charge in [0.2, 0.25) is 0 Å². The zero-order valence-electron chi connectivity index (χ0n) is 11.2. The second-order valence-corrected chi connectivity index (χ2v) is 5.43. The molecule has 20 heavy (non-hydrogen) atoms. The normalized spacial score (nSPS) is 10.9. The van der Waals surface area contributed by atoms with Gasteiger partial charge in [-0.25, -0.2) is 9.97 Å². The fraction of sp³-hybridized carbons (Fsp3) is 0.188. The largest absolute Gasteiger partial charge is 0.256 e. The summed E-state index contributed by atoms with van der Waals surface area (Å²) in [7, 11) is 0. The highest BCUT2D eigenvalue weighted by atomic mass is 79.9. The van der Waals surface area contributed by atoms with Crippen LogP contribution in [0.15, 0.2) is 47.2 Å². The lowest BCUT2D eigenvalue weighted by Crippen LogP contribution is -1.97. The maximum Gasteiger partial charge on any atom is 0.130 e. The smallest absolute Gasteiger partial charge is 0.130 e. The van der Waals surface area contributed by atoms with Crippen molar-refractivity contribution in [3.63, 3.8) is 0 Å². The Morgan fingerprint density at radius 1 is 1.10 bits per heavy atom. The maximum absolute atomic E-state index is 4.67. The van der Waals surface area contributed by atoms with Crippen LogP contribution in [0.1, 0.15) is 19.2 Å². The number of halogens is 1. The van der Waals surface area contributed by atoms with Crippen molar-refractivity contribution < 1.29 is 0 Å². The van der Waals surface area contributed by atoms with Gasteiger partial charge in [-0.3, -0.25) is 4.98 Å². The molecule has 0 aliphatic carbocycles. The molecule has 100 valence electrons. The summed E-state index contributed by atoms with van der Waals surface area (Å²) in [4.78, 5) is 13.5. The van der Waals surface area contributed by atoms with E-state index in [4.69, 9.17) is 0 Å². The van der Waals surface area contributed by atoms with E-state index in [9.17, 15) is 0 Å². The fourth-order valence-electron chi connectivity index (χ4n) is 2.26. The SMILES string of the molecule is CCCc1nc(Br)cc(-c2cccc3ncccc23)n1. The van der Waals surface area contributed by atoms with Gasteiger partial charge in [-0.2, -0.15) is 0 Å². The molecule has 4 heteroatoms. The van der Waals surface area contributed by atoms with Crippen LogP contribution in [0.4, 0.5) is 0 Å². The summed E-state index contributed by atoms with van der Waals surface area (Å²) in [5, 5.41) is 1.11. The number of fused-ring (bicyclic) bond motifs is 1. The number of aryl methyl sites for hydroxylation is 1. The monoisotopic (exact) mass is 327 g/mol. The van der Waals surface area contributed by atoms with Crippen LogP contribution in [0.5, 0.6) is 0 Å². The lowest BCUT2D eigenvalue weighted by atomic mass is 10.1. The molecule has 0 aliphatic rings. The summed E-state index contributed by atoms with van der Waals surface area (Å²) in [6.07, 6.45) is 3.73. The molecular formula is C16H14BrN3. The van der Waals surface area contributed by atoms with E-state index in [2.05, 4.69) is 49.9 Å². The van der Waals surface area contributed by atoms with Crippen LogP contribution >= 0.6 is 15.9 Å². The van der Waals surface area contributed by atoms with Crippen molar-refractivity contribution in [2.45, 2.75) is 19.8 Å². The van der Waals surface area contributed by atoms with Crippen LogP contribution in [0.3, 0.4) is 0 Å². The molecule has 0 saturated carbocycles. The third-order valence-electron chi connectivity index (χ3n) is 3.14. The van der Waals surface area contributed by atoms with Gasteiger partial charge in [-0.1, -0.05) is 25.1 Å². The minimum absolute atomic E-state index is 0.826. The molecular weight excluding hydrogens is 314 g/mol. The highest BCUT2D eigenvalue weighted by molar-refractivity contribution is 9.10. The highest BCUT2D eigenvalue weighted by Gasteiger charge is 2.08. The van der Waals surface area contributed by atoms with E-state index in [0.717, 1.165) is 45.4 Å². The van der Waals surface area contributed by atoms with Gasteiger partial charge >= 0.3 is 0 Å². The Morgan fingerprint density at radius 2 is 2.00 bits per heavy atom. The molecule has 0 aliphatic heterocycles. The predicted molar refractivity (Wildman–Crippen MR) is 84.5 cm³/mol. The van der Waals surface area contributed by atoms with Gasteiger partial charge in [0.25, 0.3) is 0 Å². The van der Waals surface area contributed by atoms with Crippen molar-refractivity contribution >= 4 is 26.8 Å². The quantitative estimate of drug-likeness (QED) is 0.669. The number of pyridine rings is 1. The van der Waals surface area contributed by atoms with Crippen molar-refractivity contribution in [1.82, 2.24) is 15.0 Å². The molecule has 3 aromatic rings. The first-order chi connectivity index (χ1) is 9.78. The van der Waals surface area contributed by atoms with Crippen LogP contribution in [0.25, 0.3) is 22.2 Å². The average molecular weight is 328 g/mol. The molecule has 3 nitrogen and oxygen atoms in total. The van der Waals surface area contributed by atoms with Gasteiger partial charge in [-0.15, -0.1) is 0 Å². The minimum Gasteiger partial charge on any atom is -0.256 e. The Bertz CT molecular complexity index is 750. The Balaban J connectivity index is 2.20. The Labute approximate surface area is 126 Å². The standard InChI is InChI=1S/C16H14BrN3/c1-2-5-16-19-14(10-15(17)20-16)12-6-3-8-13-11(12)7-4-9-18-13/h3-4,6-10H,2,5H2,1H3. The zero-order chi connectivity index (χ0) is 13.9. The summed E-state index contributed by atoms with van der Waals surface area (Å²) in [6, 6.07) is 12.1. The molecule has 0 atom stereocenters. The molecule has 2 aromatic heterocycles. The van der Waals surface area contributed by atoms with Gasteiger partial charge in [0.15, 0.2) is 0 Å². The van der Waals surface area contributed by atoms with Crippen LogP contribution < -0.4 is 0 Å². The summed E-state index contributed by atoms with van der Waals surface area (Å²) in [5.41, 5.74) is 3.02. The topological polar surface area (TPSA) is 38.7 Å². The second kappa shape index (κ2) is 5.67. The number of rotatable bonds is 3. The summed E-state index contributed by atoms with van der Waals surface area (Å²) in [6.45, 7) is 2.13. The molecule has 0 bridgehead atoms. The number of hydrogen-bond donors (Lipinski definition) is 0. The molecule has 0 N–H and O–H groups in total. The molecule has 0 radical (unpaired) electrons. The minimum atomic E-state index is 0.826. The second-order valence-electron chi connectivity index (χ2n) is 4.62. The third kappa shape index (κ3) is 2.56. The van der Waals surface area contributed by atoms with Crippen molar-refractivity contribution in [3.05, 3.63) is 53.0 Å². The number of nitrogens with zero attached hydrogens (tertiary/aromatic N) is 3. The molecule has 0 spiro atoms. The summed E-state index contributed by atoms with van der Waals surface area (Å²) < 4.78 is 0.826. The van der Waals surface area contributed by atoms with Crippen LogP contribution in [0.2, 0.25) is 0 Å². The van der Waals surface area contributed by atoms with Gasteiger partial charge in [-0.05, 0) is 40.5 Å². The van der Waals surface area contributed by atoms with E-state index in [1.807, 2.05) is 30.5 Å². The molecule has 3 rings (SSSR count). The molecule has 0 unspecified atom stereocenters. The Hall–Kier alpha value is -1.81. The maximum atomic E-state index is 4.67. The highest BCUT2D eigenvalue weighted by Crippen LogP contribution is 2.27. The van der Waals surface area contributed by atoms with Crippen molar-refractivity contribution in [3.8, 4) is 11.3 Å². The van der Waals surface area contributed by atoms with Gasteiger partial charge in [0.05, 0.1) is 11.2 Å². The van der Waals surface area contributed by atoms with Gasteiger partial charge in [0.1, 0.15) is 10.4 Å². The lowest BCUT2D eigenvalue weighted by Gasteiger charge is -2.07. The first-order valence-corrected chi connectivity index (χ1v) is 7.45. The number of benzene rings is 1. The third-order valence-corrected chi connectivity index (χ3v) is 3.54. The Morgan fingerprint density at radius 3 is 2.85 bits per heavy atom. The van der Waals surface area contributed by atoms with Crippen molar-refractivity contribution in [2.24, 2.45) is 0 Å². The molecule has 0 saturated heterocycles. The summed E-state index contributed by atoms with van der Waals surface area (Å²) >= 11 is 3.48. The molecule has 2 heterocycles. The Kier molecular flexibility index (Phi) is 3.74. The van der Waals surface area contributed by atoms with E-state index in [-0.39, 0.29) is 0 Å². The lowest BCUT2D eigenvalue weighted by molar-refractivity contribution is 0.831. The van der Waals surface area contributed by atoms with E-state index in [1.54, 1.807) is 0 Å². The predicted octanol–water partition coefficient (Wildman–Crippen LogP) is 4.41. The average Bonchev–Trinajstić information content (AvgIpc) is 2.46. The first kappa shape index (κ1) is 13.2. The van der Waals surface area contributed by atoms with E-state index < -0.39 is 0 Å². The zero-order valence-corrected chi connectivity index (χ0v) is 12.8. The van der Waals surface area contributed by atoms with Crippen LogP contribution in [0, 0.1) is 0 Å². The van der Waals surface area contributed by atoms with Crippen molar-refractivity contribution in [2.75, 3.05) is 0 Å². The molecule has 0 amide bonds. The van der Waals surface area contributed by atoms with Gasteiger partial charge in [0, 0.05) is 23.6 Å². The fourth-order valence-corrected chi connectivity index (χ4v) is 2.69. The van der Waals surface area contributed by atoms with Crippen LogP contribution in [-0.2, 0) is 6.42 Å². The van der Waals surface area contributed by atoms with Crippen LogP contribution in [-0.4, -0.2) is 15.0 Å². The first-order valence-electron chi connectivity index (χ1n) is 6.65.